The zero-order chi connectivity index (χ0) is 27.6. The fourth-order valence-electron chi connectivity index (χ4n) is 4.87. The van der Waals surface area contributed by atoms with Crippen molar-refractivity contribution < 1.29 is 27.5 Å². The van der Waals surface area contributed by atoms with Gasteiger partial charge >= 0.3 is 12.1 Å². The average molecular weight is 567 g/mol. The van der Waals surface area contributed by atoms with E-state index in [1.807, 2.05) is 48.5 Å². The number of aryl methyl sites for hydroxylation is 1. The Morgan fingerprint density at radius 2 is 1.54 bits per heavy atom. The number of halogens is 4. The van der Waals surface area contributed by atoms with E-state index in [1.54, 1.807) is 18.2 Å². The van der Waals surface area contributed by atoms with Gasteiger partial charge in [0.1, 0.15) is 6.61 Å². The predicted molar refractivity (Wildman–Crippen MR) is 145 cm³/mol. The van der Waals surface area contributed by atoms with Crippen LogP contribution in [0.2, 0.25) is 5.02 Å². The number of carbonyl (C=O) groups is 2. The fraction of sp³-hybridized carbons (Fsp3) is 0.161. The largest absolute Gasteiger partial charge is 0.465 e. The van der Waals surface area contributed by atoms with Crippen LogP contribution in [0.15, 0.2) is 94.7 Å². The highest BCUT2D eigenvalue weighted by atomic mass is 35.5. The molecule has 0 heterocycles. The van der Waals surface area contributed by atoms with Crippen molar-refractivity contribution in [3.05, 3.63) is 118 Å². The van der Waals surface area contributed by atoms with Crippen molar-refractivity contribution in [1.82, 2.24) is 0 Å². The maximum atomic E-state index is 14.0. The van der Waals surface area contributed by atoms with Crippen molar-refractivity contribution in [3.63, 3.8) is 0 Å². The minimum absolute atomic E-state index is 0.00803. The van der Waals surface area contributed by atoms with Crippen LogP contribution in [-0.2, 0) is 22.1 Å². The Balaban J connectivity index is 1.35. The smallest absolute Gasteiger partial charge is 0.417 e. The van der Waals surface area contributed by atoms with Crippen LogP contribution in [0, 0.1) is 0 Å². The summed E-state index contributed by atoms with van der Waals surface area (Å²) in [6.45, 7) is 0.129. The lowest BCUT2D eigenvalue weighted by Gasteiger charge is -2.18. The highest BCUT2D eigenvalue weighted by Crippen LogP contribution is 2.45. The maximum absolute atomic E-state index is 14.0. The summed E-state index contributed by atoms with van der Waals surface area (Å²) in [4.78, 5) is 24.6. The molecule has 0 saturated carbocycles. The van der Waals surface area contributed by atoms with Gasteiger partial charge in [-0.05, 0) is 52.4 Å². The fourth-order valence-corrected chi connectivity index (χ4v) is 6.29. The Labute approximate surface area is 233 Å². The van der Waals surface area contributed by atoms with Crippen molar-refractivity contribution in [1.29, 1.82) is 0 Å². The van der Waals surface area contributed by atoms with Gasteiger partial charge in [0, 0.05) is 32.7 Å². The van der Waals surface area contributed by atoms with Gasteiger partial charge in [-0.25, -0.2) is 0 Å². The zero-order valence-corrected chi connectivity index (χ0v) is 22.1. The number of benzene rings is 4. The van der Waals surface area contributed by atoms with E-state index >= 15 is 0 Å². The molecule has 4 aromatic rings. The number of rotatable bonds is 8. The summed E-state index contributed by atoms with van der Waals surface area (Å²) in [7, 11) is 0. The van der Waals surface area contributed by atoms with Gasteiger partial charge in [0.25, 0.3) is 0 Å². The lowest BCUT2D eigenvalue weighted by atomic mass is 9.98. The van der Waals surface area contributed by atoms with Gasteiger partial charge in [0.15, 0.2) is 6.29 Å². The van der Waals surface area contributed by atoms with Gasteiger partial charge in [-0.2, -0.15) is 13.2 Å². The van der Waals surface area contributed by atoms with Crippen molar-refractivity contribution in [2.45, 2.75) is 34.7 Å². The second-order valence-corrected chi connectivity index (χ2v) is 10.6. The molecule has 0 fully saturated rings. The average Bonchev–Trinajstić information content (AvgIpc) is 3.25. The Hall–Kier alpha value is -3.55. The number of alkyl halides is 3. The number of hydrogen-bond acceptors (Lipinski definition) is 4. The van der Waals surface area contributed by atoms with Gasteiger partial charge in [-0.15, -0.1) is 0 Å². The molecular weight excluding hydrogens is 545 g/mol. The van der Waals surface area contributed by atoms with Crippen LogP contribution >= 0.6 is 23.4 Å². The van der Waals surface area contributed by atoms with Crippen LogP contribution in [0.1, 0.15) is 45.0 Å². The molecule has 0 bridgehead atoms. The number of hydrogen-bond donors (Lipinski definition) is 0. The van der Waals surface area contributed by atoms with Crippen LogP contribution < -0.4 is 0 Å². The van der Waals surface area contributed by atoms with Crippen LogP contribution in [0.5, 0.6) is 0 Å². The second-order valence-electron chi connectivity index (χ2n) is 9.11. The Kier molecular flexibility index (Phi) is 7.82. The Morgan fingerprint density at radius 3 is 2.18 bits per heavy atom. The van der Waals surface area contributed by atoms with E-state index < -0.39 is 17.7 Å². The molecule has 0 aromatic heterocycles. The first kappa shape index (κ1) is 27.0. The number of carbonyl (C=O) groups excluding carboxylic acids is 2. The molecule has 0 radical (unpaired) electrons. The lowest BCUT2D eigenvalue weighted by Crippen LogP contribution is -2.14. The molecule has 0 aliphatic heterocycles. The van der Waals surface area contributed by atoms with Gasteiger partial charge in [0.2, 0.25) is 0 Å². The molecule has 8 heteroatoms. The van der Waals surface area contributed by atoms with Gasteiger partial charge in [-0.3, -0.25) is 9.59 Å². The Bertz CT molecular complexity index is 1510. The van der Waals surface area contributed by atoms with Crippen molar-refractivity contribution in [2.75, 3.05) is 6.61 Å². The molecule has 0 saturated heterocycles. The third kappa shape index (κ3) is 5.75. The molecule has 39 heavy (non-hydrogen) atoms. The summed E-state index contributed by atoms with van der Waals surface area (Å²) in [5.74, 6) is -0.634. The molecule has 5 rings (SSSR count). The van der Waals surface area contributed by atoms with E-state index in [-0.39, 0.29) is 46.4 Å². The third-order valence-electron chi connectivity index (χ3n) is 6.67. The van der Waals surface area contributed by atoms with E-state index in [0.29, 0.717) is 11.2 Å². The monoisotopic (exact) mass is 566 g/mol. The number of ether oxygens (including phenoxy) is 1. The predicted octanol–water partition coefficient (Wildman–Crippen LogP) is 8.61. The molecule has 0 N–H and O–H groups in total. The van der Waals surface area contributed by atoms with E-state index in [1.165, 1.54) is 12.1 Å². The standard InChI is InChI=1S/C31H22ClF3O3S/c32-21-15-19(30(27(16-21)31(33,34)35)39-28-12-6-1-7-20(28)17-36)13-14-29(37)38-18-26-24-10-4-2-8-22(24)23-9-3-5-11-25(23)26/h1-12,15-17,26H,13-14,18H2. The summed E-state index contributed by atoms with van der Waals surface area (Å²) in [5.41, 5.74) is 3.97. The van der Waals surface area contributed by atoms with Gasteiger partial charge in [0.05, 0.1) is 5.56 Å². The first-order valence-corrected chi connectivity index (χ1v) is 13.4. The van der Waals surface area contributed by atoms with E-state index in [0.717, 1.165) is 40.1 Å². The highest BCUT2D eigenvalue weighted by Gasteiger charge is 2.36. The summed E-state index contributed by atoms with van der Waals surface area (Å²) in [5, 5.41) is -0.0853. The van der Waals surface area contributed by atoms with E-state index in [4.69, 9.17) is 16.3 Å². The van der Waals surface area contributed by atoms with Gasteiger partial charge in [-0.1, -0.05) is 90.1 Å². The highest BCUT2D eigenvalue weighted by molar-refractivity contribution is 7.99. The molecule has 198 valence electrons. The van der Waals surface area contributed by atoms with Crippen LogP contribution in [-0.4, -0.2) is 18.9 Å². The van der Waals surface area contributed by atoms with Crippen molar-refractivity contribution >= 4 is 35.6 Å². The number of aldehydes is 1. The summed E-state index contributed by atoms with van der Waals surface area (Å²) < 4.78 is 47.6. The SMILES string of the molecule is O=Cc1ccccc1Sc1c(CCC(=O)OCC2c3ccccc3-c3ccccc32)cc(Cl)cc1C(F)(F)F. The zero-order valence-electron chi connectivity index (χ0n) is 20.5. The molecule has 1 aliphatic carbocycles. The summed E-state index contributed by atoms with van der Waals surface area (Å²) in [6, 6.07) is 24.6. The number of fused-ring (bicyclic) bond motifs is 3. The summed E-state index contributed by atoms with van der Waals surface area (Å²) >= 11 is 6.90. The van der Waals surface area contributed by atoms with Crippen LogP contribution in [0.4, 0.5) is 13.2 Å². The topological polar surface area (TPSA) is 43.4 Å². The first-order chi connectivity index (χ1) is 18.8. The van der Waals surface area contributed by atoms with Crippen molar-refractivity contribution in [2.24, 2.45) is 0 Å². The maximum Gasteiger partial charge on any atom is 0.417 e. The number of esters is 1. The minimum atomic E-state index is -4.68. The van der Waals surface area contributed by atoms with Gasteiger partial charge < -0.3 is 4.74 Å². The quantitative estimate of drug-likeness (QED) is 0.158. The molecule has 3 nitrogen and oxygen atoms in total. The normalized spacial score (nSPS) is 12.6. The van der Waals surface area contributed by atoms with E-state index in [2.05, 4.69) is 0 Å². The molecule has 0 spiro atoms. The lowest BCUT2D eigenvalue weighted by molar-refractivity contribution is -0.143. The van der Waals surface area contributed by atoms with E-state index in [9.17, 15) is 22.8 Å². The van der Waals surface area contributed by atoms with Crippen LogP contribution in [0.3, 0.4) is 0 Å². The molecular formula is C31H22ClF3O3S. The Morgan fingerprint density at radius 1 is 0.923 bits per heavy atom. The molecule has 0 amide bonds. The van der Waals surface area contributed by atoms with Crippen molar-refractivity contribution in [3.8, 4) is 11.1 Å². The third-order valence-corrected chi connectivity index (χ3v) is 8.16. The second kappa shape index (κ2) is 11.3. The molecule has 4 aromatic carbocycles. The first-order valence-electron chi connectivity index (χ1n) is 12.2. The summed E-state index contributed by atoms with van der Waals surface area (Å²) in [6.07, 6.45) is -4.22. The molecule has 0 atom stereocenters. The van der Waals surface area contributed by atoms with Crippen LogP contribution in [0.25, 0.3) is 11.1 Å². The molecule has 1 aliphatic rings. The molecule has 0 unspecified atom stereocenters. The minimum Gasteiger partial charge on any atom is -0.465 e.